The molecule has 0 saturated heterocycles. The summed E-state index contributed by atoms with van der Waals surface area (Å²) in [6, 6.07) is 45.9. The molecular weight excluding hydrogens is 538 g/mol. The fourth-order valence-corrected chi connectivity index (χ4v) is 7.14. The highest BCUT2D eigenvalue weighted by atomic mass is 35.5. The van der Waals surface area contributed by atoms with E-state index in [1.807, 2.05) is 48.5 Å². The molecular formula is C38H22ClNO2. The lowest BCUT2D eigenvalue weighted by atomic mass is 9.65. The van der Waals surface area contributed by atoms with Crippen LogP contribution in [-0.4, -0.2) is 4.98 Å². The van der Waals surface area contributed by atoms with E-state index in [9.17, 15) is 0 Å². The van der Waals surface area contributed by atoms with Crippen molar-refractivity contribution in [3.05, 3.63) is 161 Å². The van der Waals surface area contributed by atoms with Gasteiger partial charge in [0.05, 0.1) is 5.41 Å². The number of halogens is 1. The van der Waals surface area contributed by atoms with Gasteiger partial charge < -0.3 is 9.15 Å². The Morgan fingerprint density at radius 1 is 0.548 bits per heavy atom. The molecule has 1 spiro atoms. The number of hydrogen-bond donors (Lipinski definition) is 0. The number of nitrogens with zero attached hydrogens (tertiary/aromatic N) is 1. The van der Waals surface area contributed by atoms with Crippen LogP contribution in [0.4, 0.5) is 0 Å². The molecule has 1 aromatic heterocycles. The number of fused-ring (bicyclic) bond motifs is 10. The number of benzene rings is 6. The standard InChI is InChI=1S/C38H22ClNO2/c39-25-21-28(23-17-19-24(20-18-23)37-40-33-14-6-8-16-35(33)42-37)36-32(22-25)38(31-13-5-7-15-34(31)41-36)29-11-3-1-9-26(29)27-10-2-4-12-30(27)38/h1-22H. The van der Waals surface area contributed by atoms with Gasteiger partial charge in [0.2, 0.25) is 5.89 Å². The van der Waals surface area contributed by atoms with Crippen molar-refractivity contribution in [2.75, 3.05) is 0 Å². The molecule has 0 amide bonds. The minimum Gasteiger partial charge on any atom is -0.456 e. The Kier molecular flexibility index (Phi) is 4.88. The summed E-state index contributed by atoms with van der Waals surface area (Å²) < 4.78 is 12.8. The van der Waals surface area contributed by atoms with E-state index in [-0.39, 0.29) is 0 Å². The summed E-state index contributed by atoms with van der Waals surface area (Å²) in [5.41, 5.74) is 11.0. The average Bonchev–Trinajstić information content (AvgIpc) is 3.60. The van der Waals surface area contributed by atoms with E-state index in [2.05, 4.69) is 89.9 Å². The number of para-hydroxylation sites is 3. The summed E-state index contributed by atoms with van der Waals surface area (Å²) in [6.07, 6.45) is 0. The Hall–Kier alpha value is -5.12. The van der Waals surface area contributed by atoms with Crippen molar-refractivity contribution in [3.63, 3.8) is 0 Å². The fraction of sp³-hybridized carbons (Fsp3) is 0.0263. The first-order chi connectivity index (χ1) is 20.7. The number of ether oxygens (including phenoxy) is 1. The van der Waals surface area contributed by atoms with Crippen LogP contribution in [0.15, 0.2) is 138 Å². The highest BCUT2D eigenvalue weighted by Crippen LogP contribution is 2.63. The lowest BCUT2D eigenvalue weighted by molar-refractivity contribution is 0.438. The molecule has 198 valence electrons. The lowest BCUT2D eigenvalue weighted by Crippen LogP contribution is -2.32. The Labute approximate surface area is 247 Å². The molecule has 0 radical (unpaired) electrons. The quantitative estimate of drug-likeness (QED) is 0.211. The van der Waals surface area contributed by atoms with Crippen LogP contribution in [0, 0.1) is 0 Å². The van der Waals surface area contributed by atoms with E-state index >= 15 is 0 Å². The highest BCUT2D eigenvalue weighted by Gasteiger charge is 2.51. The molecule has 6 aromatic carbocycles. The van der Waals surface area contributed by atoms with Crippen LogP contribution in [-0.2, 0) is 5.41 Å². The number of oxazole rings is 1. The molecule has 9 rings (SSSR count). The zero-order valence-corrected chi connectivity index (χ0v) is 23.1. The van der Waals surface area contributed by atoms with Crippen molar-refractivity contribution in [2.45, 2.75) is 5.41 Å². The molecule has 2 aliphatic rings. The van der Waals surface area contributed by atoms with Gasteiger partial charge >= 0.3 is 0 Å². The third-order valence-corrected chi connectivity index (χ3v) is 8.87. The van der Waals surface area contributed by atoms with Crippen molar-refractivity contribution < 1.29 is 9.15 Å². The molecule has 0 bridgehead atoms. The van der Waals surface area contributed by atoms with Crippen molar-refractivity contribution >= 4 is 22.7 Å². The van der Waals surface area contributed by atoms with Gasteiger partial charge in [0, 0.05) is 27.3 Å². The fourth-order valence-electron chi connectivity index (χ4n) is 6.92. The zero-order valence-electron chi connectivity index (χ0n) is 22.3. The zero-order chi connectivity index (χ0) is 27.8. The van der Waals surface area contributed by atoms with Gasteiger partial charge in [0.15, 0.2) is 5.58 Å². The van der Waals surface area contributed by atoms with Gasteiger partial charge in [0.25, 0.3) is 0 Å². The monoisotopic (exact) mass is 559 g/mol. The van der Waals surface area contributed by atoms with Gasteiger partial charge in [-0.25, -0.2) is 4.98 Å². The average molecular weight is 560 g/mol. The first-order valence-corrected chi connectivity index (χ1v) is 14.4. The van der Waals surface area contributed by atoms with Crippen LogP contribution in [0.3, 0.4) is 0 Å². The van der Waals surface area contributed by atoms with Gasteiger partial charge in [-0.05, 0) is 70.3 Å². The van der Waals surface area contributed by atoms with Crippen molar-refractivity contribution in [3.8, 4) is 45.2 Å². The molecule has 0 N–H and O–H groups in total. The van der Waals surface area contributed by atoms with E-state index in [1.54, 1.807) is 0 Å². The Morgan fingerprint density at radius 2 is 1.17 bits per heavy atom. The van der Waals surface area contributed by atoms with Crippen molar-refractivity contribution in [1.29, 1.82) is 0 Å². The second kappa shape index (κ2) is 8.69. The van der Waals surface area contributed by atoms with Crippen LogP contribution in [0.2, 0.25) is 5.02 Å². The number of aromatic nitrogens is 1. The first-order valence-electron chi connectivity index (χ1n) is 14.0. The van der Waals surface area contributed by atoms with Crippen LogP contribution in [0.25, 0.3) is 44.8 Å². The smallest absolute Gasteiger partial charge is 0.227 e. The molecule has 42 heavy (non-hydrogen) atoms. The molecule has 3 nitrogen and oxygen atoms in total. The summed E-state index contributed by atoms with van der Waals surface area (Å²) in [4.78, 5) is 4.67. The molecule has 1 aliphatic heterocycles. The second-order valence-electron chi connectivity index (χ2n) is 10.8. The Balaban J connectivity index is 1.28. The molecule has 7 aromatic rings. The van der Waals surface area contributed by atoms with Crippen molar-refractivity contribution in [2.24, 2.45) is 0 Å². The number of rotatable bonds is 2. The normalized spacial score (nSPS) is 13.7. The summed E-state index contributed by atoms with van der Waals surface area (Å²) in [5.74, 6) is 2.27. The van der Waals surface area contributed by atoms with E-state index < -0.39 is 5.41 Å². The summed E-state index contributed by atoms with van der Waals surface area (Å²) in [7, 11) is 0. The van der Waals surface area contributed by atoms with Gasteiger partial charge in [-0.1, -0.05) is 103 Å². The lowest BCUT2D eigenvalue weighted by Gasteiger charge is -2.40. The largest absolute Gasteiger partial charge is 0.456 e. The summed E-state index contributed by atoms with van der Waals surface area (Å²) in [5, 5.41) is 0.663. The van der Waals surface area contributed by atoms with E-state index in [4.69, 9.17) is 20.8 Å². The van der Waals surface area contributed by atoms with Crippen LogP contribution in [0.1, 0.15) is 22.3 Å². The van der Waals surface area contributed by atoms with Gasteiger partial charge in [-0.15, -0.1) is 0 Å². The van der Waals surface area contributed by atoms with Gasteiger partial charge in [0.1, 0.15) is 17.0 Å². The minimum absolute atomic E-state index is 0.560. The molecule has 0 fully saturated rings. The van der Waals surface area contributed by atoms with Gasteiger partial charge in [-0.2, -0.15) is 0 Å². The van der Waals surface area contributed by atoms with Crippen LogP contribution < -0.4 is 4.74 Å². The molecule has 0 atom stereocenters. The third kappa shape index (κ3) is 3.14. The SMILES string of the molecule is Clc1cc(-c2ccc(-c3nc4ccccc4o3)cc2)c2c(c1)C1(c3ccccc3O2)c2ccccc2-c2ccccc21. The number of hydrogen-bond acceptors (Lipinski definition) is 3. The molecule has 0 unspecified atom stereocenters. The predicted molar refractivity (Wildman–Crippen MR) is 167 cm³/mol. The summed E-state index contributed by atoms with van der Waals surface area (Å²) >= 11 is 6.97. The summed E-state index contributed by atoms with van der Waals surface area (Å²) in [6.45, 7) is 0. The third-order valence-electron chi connectivity index (χ3n) is 8.65. The molecule has 4 heteroatoms. The van der Waals surface area contributed by atoms with E-state index in [1.165, 1.54) is 22.3 Å². The first kappa shape index (κ1) is 23.6. The molecule has 0 saturated carbocycles. The van der Waals surface area contributed by atoms with E-state index in [0.29, 0.717) is 10.9 Å². The van der Waals surface area contributed by atoms with E-state index in [0.717, 1.165) is 50.4 Å². The predicted octanol–water partition coefficient (Wildman–Crippen LogP) is 10.3. The molecule has 2 heterocycles. The Morgan fingerprint density at radius 3 is 1.90 bits per heavy atom. The maximum atomic E-state index is 6.97. The Bertz CT molecular complexity index is 2120. The van der Waals surface area contributed by atoms with Crippen LogP contribution in [0.5, 0.6) is 11.5 Å². The maximum absolute atomic E-state index is 6.97. The molecule has 1 aliphatic carbocycles. The topological polar surface area (TPSA) is 35.3 Å². The highest BCUT2D eigenvalue weighted by molar-refractivity contribution is 6.31. The van der Waals surface area contributed by atoms with Gasteiger partial charge in [-0.3, -0.25) is 0 Å². The second-order valence-corrected chi connectivity index (χ2v) is 11.3. The maximum Gasteiger partial charge on any atom is 0.227 e. The minimum atomic E-state index is -0.560. The van der Waals surface area contributed by atoms with Crippen LogP contribution >= 0.6 is 11.6 Å². The van der Waals surface area contributed by atoms with Crippen molar-refractivity contribution in [1.82, 2.24) is 4.98 Å².